The highest BCUT2D eigenvalue weighted by molar-refractivity contribution is 5.96. The lowest BCUT2D eigenvalue weighted by molar-refractivity contribution is -0.132. The lowest BCUT2D eigenvalue weighted by atomic mass is 9.95. The van der Waals surface area contributed by atoms with Crippen molar-refractivity contribution in [2.45, 2.75) is 31.2 Å². The molecular formula is C30H26N2O3. The molecule has 0 spiro atoms. The highest BCUT2D eigenvalue weighted by atomic mass is 16.5. The number of anilines is 2. The molecule has 3 aromatic carbocycles. The number of methoxy groups -OCH3 is 1. The normalized spacial score (nSPS) is 18.9. The van der Waals surface area contributed by atoms with E-state index in [1.165, 1.54) is 42.3 Å². The molecule has 1 saturated carbocycles. The van der Waals surface area contributed by atoms with Crippen LogP contribution in [0, 0.1) is 11.3 Å². The summed E-state index contributed by atoms with van der Waals surface area (Å²) in [4.78, 5) is 13.5. The quantitative estimate of drug-likeness (QED) is 0.252. The number of aliphatic carboxylic acids is 1. The van der Waals surface area contributed by atoms with Crippen molar-refractivity contribution in [1.82, 2.24) is 0 Å². The number of carbonyl (C=O) groups is 1. The third-order valence-electron chi connectivity index (χ3n) is 6.94. The molecule has 2 aliphatic rings. The molecule has 1 fully saturated rings. The Morgan fingerprint density at radius 1 is 1.00 bits per heavy atom. The molecule has 5 nitrogen and oxygen atoms in total. The number of hydrogen-bond donors (Lipinski definition) is 1. The van der Waals surface area contributed by atoms with E-state index in [1.54, 1.807) is 13.2 Å². The van der Waals surface area contributed by atoms with Crippen molar-refractivity contribution in [3.05, 3.63) is 94.6 Å². The number of benzene rings is 3. The minimum Gasteiger partial charge on any atom is -0.497 e. The lowest BCUT2D eigenvalue weighted by Gasteiger charge is -2.27. The van der Waals surface area contributed by atoms with E-state index >= 15 is 0 Å². The van der Waals surface area contributed by atoms with Crippen molar-refractivity contribution in [1.29, 1.82) is 5.26 Å². The number of fused-ring (bicyclic) bond motifs is 3. The third-order valence-corrected chi connectivity index (χ3v) is 6.94. The van der Waals surface area contributed by atoms with Crippen LogP contribution >= 0.6 is 0 Å². The highest BCUT2D eigenvalue weighted by Gasteiger charge is 2.42. The van der Waals surface area contributed by atoms with Gasteiger partial charge in [0.1, 0.15) is 17.4 Å². The van der Waals surface area contributed by atoms with E-state index in [-0.39, 0.29) is 5.57 Å². The van der Waals surface area contributed by atoms with Crippen LogP contribution in [0.25, 0.3) is 18.2 Å². The van der Waals surface area contributed by atoms with Gasteiger partial charge in [0.2, 0.25) is 0 Å². The molecule has 35 heavy (non-hydrogen) atoms. The van der Waals surface area contributed by atoms with Gasteiger partial charge in [-0.3, -0.25) is 0 Å². The zero-order chi connectivity index (χ0) is 24.4. The molecule has 1 aliphatic carbocycles. The fraction of sp³-hybridized carbons (Fsp3) is 0.200. The number of hydrogen-bond acceptors (Lipinski definition) is 4. The van der Waals surface area contributed by atoms with Gasteiger partial charge in [-0.1, -0.05) is 48.9 Å². The topological polar surface area (TPSA) is 73.6 Å². The molecule has 2 atom stereocenters. The molecule has 2 unspecified atom stereocenters. The molecule has 0 aromatic heterocycles. The van der Waals surface area contributed by atoms with Gasteiger partial charge in [0.05, 0.1) is 7.11 Å². The standard InChI is InChI=1S/C30H26N2O3/c1-35-25-14-12-24(13-15-25)32-28-4-2-3-26(28)27-18-22(11-16-29(27)32)10-7-20-5-8-21(9-6-20)17-23(19-31)30(33)34/h5-18,26,28H,2-4H2,1H3,(H,33,34)/b10-7+,23-17-. The van der Waals surface area contributed by atoms with Crippen molar-refractivity contribution in [2.75, 3.05) is 12.0 Å². The monoisotopic (exact) mass is 462 g/mol. The number of rotatable bonds is 6. The van der Waals surface area contributed by atoms with Crippen LogP contribution in [0.15, 0.2) is 72.3 Å². The third kappa shape index (κ3) is 4.43. The summed E-state index contributed by atoms with van der Waals surface area (Å²) in [5, 5.41) is 17.9. The molecule has 0 bridgehead atoms. The van der Waals surface area contributed by atoms with Crippen molar-refractivity contribution in [2.24, 2.45) is 0 Å². The SMILES string of the molecule is COc1ccc(N2c3ccc(/C=C/c4ccc(/C=C(/C#N)C(=O)O)cc4)cc3C3CCCC32)cc1. The fourth-order valence-electron chi connectivity index (χ4n) is 5.26. The van der Waals surface area contributed by atoms with E-state index in [0.29, 0.717) is 17.5 Å². The van der Waals surface area contributed by atoms with Gasteiger partial charge >= 0.3 is 5.97 Å². The minimum atomic E-state index is -1.22. The van der Waals surface area contributed by atoms with Crippen LogP contribution < -0.4 is 9.64 Å². The number of nitrogens with zero attached hydrogens (tertiary/aromatic N) is 2. The van der Waals surface area contributed by atoms with Gasteiger partial charge in [-0.25, -0.2) is 4.79 Å². The molecular weight excluding hydrogens is 436 g/mol. The summed E-state index contributed by atoms with van der Waals surface area (Å²) >= 11 is 0. The van der Waals surface area contributed by atoms with Crippen LogP contribution in [0.3, 0.4) is 0 Å². The molecule has 5 heteroatoms. The molecule has 0 saturated heterocycles. The van der Waals surface area contributed by atoms with Gasteiger partial charge in [0, 0.05) is 23.3 Å². The first-order chi connectivity index (χ1) is 17.1. The average molecular weight is 463 g/mol. The number of nitriles is 1. The van der Waals surface area contributed by atoms with Gasteiger partial charge in [0.15, 0.2) is 0 Å². The summed E-state index contributed by atoms with van der Waals surface area (Å²) < 4.78 is 5.34. The summed E-state index contributed by atoms with van der Waals surface area (Å²) in [6, 6.07) is 24.7. The molecule has 1 heterocycles. The van der Waals surface area contributed by atoms with Crippen molar-refractivity contribution in [3.8, 4) is 11.8 Å². The van der Waals surface area contributed by atoms with E-state index < -0.39 is 5.97 Å². The largest absolute Gasteiger partial charge is 0.497 e. The smallest absolute Gasteiger partial charge is 0.346 e. The Morgan fingerprint density at radius 2 is 1.69 bits per heavy atom. The molecule has 0 amide bonds. The predicted octanol–water partition coefficient (Wildman–Crippen LogP) is 6.64. The van der Waals surface area contributed by atoms with E-state index in [0.717, 1.165) is 16.9 Å². The predicted molar refractivity (Wildman–Crippen MR) is 139 cm³/mol. The van der Waals surface area contributed by atoms with Crippen molar-refractivity contribution in [3.63, 3.8) is 0 Å². The maximum absolute atomic E-state index is 11.0. The van der Waals surface area contributed by atoms with Crippen LogP contribution in [0.5, 0.6) is 5.75 Å². The first-order valence-electron chi connectivity index (χ1n) is 11.8. The maximum Gasteiger partial charge on any atom is 0.346 e. The second-order valence-electron chi connectivity index (χ2n) is 8.97. The highest BCUT2D eigenvalue weighted by Crippen LogP contribution is 2.52. The van der Waals surface area contributed by atoms with E-state index in [9.17, 15) is 4.79 Å². The summed E-state index contributed by atoms with van der Waals surface area (Å²) in [7, 11) is 1.69. The number of carboxylic acid groups (broad SMARTS) is 1. The average Bonchev–Trinajstić information content (AvgIpc) is 3.47. The van der Waals surface area contributed by atoms with E-state index in [1.807, 2.05) is 36.4 Å². The molecule has 1 aliphatic heterocycles. The Morgan fingerprint density at radius 3 is 2.37 bits per heavy atom. The second kappa shape index (κ2) is 9.52. The number of ether oxygens (including phenoxy) is 1. The molecule has 1 N–H and O–H groups in total. The van der Waals surface area contributed by atoms with Crippen LogP contribution in [0.4, 0.5) is 11.4 Å². The van der Waals surface area contributed by atoms with Crippen LogP contribution in [0.1, 0.15) is 47.4 Å². The minimum absolute atomic E-state index is 0.277. The van der Waals surface area contributed by atoms with Crippen molar-refractivity contribution >= 4 is 35.6 Å². The van der Waals surface area contributed by atoms with Crippen molar-refractivity contribution < 1.29 is 14.6 Å². The molecule has 0 radical (unpaired) electrons. The van der Waals surface area contributed by atoms with Crippen LogP contribution in [-0.4, -0.2) is 24.2 Å². The molecule has 174 valence electrons. The summed E-state index contributed by atoms with van der Waals surface area (Å²) in [5.74, 6) is 0.200. The Balaban J connectivity index is 1.38. The Hall–Kier alpha value is -4.30. The van der Waals surface area contributed by atoms with Gasteiger partial charge in [-0.15, -0.1) is 0 Å². The first kappa shape index (κ1) is 22.5. The van der Waals surface area contributed by atoms with E-state index in [4.69, 9.17) is 15.1 Å². The molecule has 5 rings (SSSR count). The molecule has 3 aromatic rings. The van der Waals surface area contributed by atoms with Gasteiger partial charge in [0.25, 0.3) is 0 Å². The maximum atomic E-state index is 11.0. The Labute approximate surface area is 205 Å². The summed E-state index contributed by atoms with van der Waals surface area (Å²) in [6.45, 7) is 0. The van der Waals surface area contributed by atoms with Gasteiger partial charge in [-0.2, -0.15) is 5.26 Å². The van der Waals surface area contributed by atoms with Gasteiger partial charge in [-0.05, 0) is 77.6 Å². The zero-order valence-electron chi connectivity index (χ0n) is 19.5. The Bertz CT molecular complexity index is 1350. The van der Waals surface area contributed by atoms with E-state index in [2.05, 4.69) is 47.4 Å². The zero-order valence-corrected chi connectivity index (χ0v) is 19.5. The van der Waals surface area contributed by atoms with Crippen LogP contribution in [0.2, 0.25) is 0 Å². The van der Waals surface area contributed by atoms with Gasteiger partial charge < -0.3 is 14.7 Å². The number of carboxylic acids is 1. The first-order valence-corrected chi connectivity index (χ1v) is 11.8. The van der Waals surface area contributed by atoms with Crippen LogP contribution in [-0.2, 0) is 4.79 Å². The Kier molecular flexibility index (Phi) is 6.12. The fourth-order valence-corrected chi connectivity index (χ4v) is 5.26. The second-order valence-corrected chi connectivity index (χ2v) is 8.97. The summed E-state index contributed by atoms with van der Waals surface area (Å²) in [5.41, 5.74) is 6.50. The summed E-state index contributed by atoms with van der Waals surface area (Å²) in [6.07, 6.45) is 9.21. The lowest BCUT2D eigenvalue weighted by Crippen LogP contribution is -2.26.